The lowest BCUT2D eigenvalue weighted by Crippen LogP contribution is -2.24. The van der Waals surface area contributed by atoms with Crippen molar-refractivity contribution in [3.05, 3.63) is 45.1 Å². The van der Waals surface area contributed by atoms with Crippen molar-refractivity contribution in [2.75, 3.05) is 0 Å². The third kappa shape index (κ3) is 2.68. The van der Waals surface area contributed by atoms with Crippen molar-refractivity contribution >= 4 is 17.2 Å². The summed E-state index contributed by atoms with van der Waals surface area (Å²) in [6.07, 6.45) is 0. The number of nitrogens with one attached hydrogen (secondary N) is 2. The van der Waals surface area contributed by atoms with E-state index >= 15 is 0 Å². The van der Waals surface area contributed by atoms with Crippen LogP contribution in [0.25, 0.3) is 10.6 Å². The Kier molecular flexibility index (Phi) is 3.62. The molecule has 0 aliphatic carbocycles. The first-order valence-electron chi connectivity index (χ1n) is 5.59. The molecule has 4 nitrogen and oxygen atoms in total. The summed E-state index contributed by atoms with van der Waals surface area (Å²) in [5.74, 6) is -0.146. The highest BCUT2D eigenvalue weighted by molar-refractivity contribution is 7.13. The van der Waals surface area contributed by atoms with Crippen LogP contribution in [0, 0.1) is 6.92 Å². The molecule has 0 saturated heterocycles. The number of carbonyl (C=O) groups excluding carboxylic acids is 1. The molecular weight excluding hydrogens is 248 g/mol. The molecule has 2 N–H and O–H groups in total. The second-order valence-corrected chi connectivity index (χ2v) is 5.00. The van der Waals surface area contributed by atoms with Gasteiger partial charge in [0.25, 0.3) is 0 Å². The largest absolute Gasteiger partial charge is 0.357 e. The van der Waals surface area contributed by atoms with Crippen LogP contribution in [-0.4, -0.2) is 10.9 Å². The maximum Gasteiger partial charge on any atom is 0.217 e. The summed E-state index contributed by atoms with van der Waals surface area (Å²) >= 11 is 1.56. The third-order valence-corrected chi connectivity index (χ3v) is 3.44. The van der Waals surface area contributed by atoms with Gasteiger partial charge in [-0.3, -0.25) is 9.59 Å². The Morgan fingerprint density at radius 3 is 2.89 bits per heavy atom. The van der Waals surface area contributed by atoms with Crippen molar-refractivity contribution in [2.24, 2.45) is 0 Å². The molecule has 0 radical (unpaired) electrons. The average molecular weight is 262 g/mol. The molecule has 0 aliphatic heterocycles. The second kappa shape index (κ2) is 5.18. The first-order valence-corrected chi connectivity index (χ1v) is 6.47. The lowest BCUT2D eigenvalue weighted by atomic mass is 10.1. The zero-order valence-electron chi connectivity index (χ0n) is 10.2. The van der Waals surface area contributed by atoms with Crippen LogP contribution >= 0.6 is 11.3 Å². The van der Waals surface area contributed by atoms with E-state index in [1.54, 1.807) is 17.4 Å². The Bertz CT molecular complexity index is 614. The molecule has 0 unspecified atom stereocenters. The monoisotopic (exact) mass is 262 g/mol. The van der Waals surface area contributed by atoms with Crippen LogP contribution < -0.4 is 10.7 Å². The number of hydrogen-bond acceptors (Lipinski definition) is 3. The minimum absolute atomic E-state index is 0.0524. The van der Waals surface area contributed by atoms with E-state index in [-0.39, 0.29) is 17.9 Å². The number of carbonyl (C=O) groups is 1. The number of H-pyrrole nitrogens is 1. The number of hydrogen-bond donors (Lipinski definition) is 2. The molecule has 2 rings (SSSR count). The first-order chi connectivity index (χ1) is 8.58. The van der Waals surface area contributed by atoms with Gasteiger partial charge < -0.3 is 10.3 Å². The molecule has 2 aromatic heterocycles. The summed E-state index contributed by atoms with van der Waals surface area (Å²) in [6.45, 7) is 3.53. The Hall–Kier alpha value is -1.88. The van der Waals surface area contributed by atoms with Crippen molar-refractivity contribution in [3.63, 3.8) is 0 Å². The summed E-state index contributed by atoms with van der Waals surface area (Å²) in [6, 6.07) is 5.43. The Balaban J connectivity index is 2.49. The standard InChI is InChI=1S/C13H14N2O2S/c1-8-6-11(17)10(7-14-9(2)16)13(15-8)12-4-3-5-18-12/h3-6H,7H2,1-2H3,(H,14,16)(H,15,17). The van der Waals surface area contributed by atoms with Crippen molar-refractivity contribution in [3.8, 4) is 10.6 Å². The van der Waals surface area contributed by atoms with Gasteiger partial charge in [0.1, 0.15) is 0 Å². The third-order valence-electron chi connectivity index (χ3n) is 2.55. The number of rotatable bonds is 3. The average Bonchev–Trinajstić information content (AvgIpc) is 2.79. The molecule has 0 bridgehead atoms. The van der Waals surface area contributed by atoms with Gasteiger partial charge in [-0.2, -0.15) is 0 Å². The fourth-order valence-electron chi connectivity index (χ4n) is 1.74. The van der Waals surface area contributed by atoms with Gasteiger partial charge in [0.05, 0.1) is 10.6 Å². The van der Waals surface area contributed by atoms with E-state index in [0.717, 1.165) is 16.3 Å². The van der Waals surface area contributed by atoms with E-state index in [9.17, 15) is 9.59 Å². The van der Waals surface area contributed by atoms with Crippen molar-refractivity contribution < 1.29 is 4.79 Å². The molecule has 0 atom stereocenters. The van der Waals surface area contributed by atoms with E-state index in [0.29, 0.717) is 5.56 Å². The molecule has 0 fully saturated rings. The number of aryl methyl sites for hydroxylation is 1. The topological polar surface area (TPSA) is 62.0 Å². The number of pyridine rings is 1. The van der Waals surface area contributed by atoms with Crippen LogP contribution in [0.1, 0.15) is 18.2 Å². The molecule has 0 aliphatic rings. The van der Waals surface area contributed by atoms with Gasteiger partial charge in [-0.15, -0.1) is 11.3 Å². The van der Waals surface area contributed by atoms with Crippen LogP contribution in [0.15, 0.2) is 28.4 Å². The predicted molar refractivity (Wildman–Crippen MR) is 72.6 cm³/mol. The van der Waals surface area contributed by atoms with Gasteiger partial charge in [-0.05, 0) is 18.4 Å². The fraction of sp³-hybridized carbons (Fsp3) is 0.231. The molecular formula is C13H14N2O2S. The molecule has 18 heavy (non-hydrogen) atoms. The van der Waals surface area contributed by atoms with Crippen molar-refractivity contribution in [2.45, 2.75) is 20.4 Å². The minimum atomic E-state index is -0.146. The number of amides is 1. The number of aromatic amines is 1. The van der Waals surface area contributed by atoms with Crippen molar-refractivity contribution in [1.29, 1.82) is 0 Å². The van der Waals surface area contributed by atoms with Crippen LogP contribution in [-0.2, 0) is 11.3 Å². The smallest absolute Gasteiger partial charge is 0.217 e. The zero-order chi connectivity index (χ0) is 13.1. The van der Waals surface area contributed by atoms with Crippen LogP contribution in [0.2, 0.25) is 0 Å². The van der Waals surface area contributed by atoms with E-state index in [1.165, 1.54) is 6.92 Å². The molecule has 0 spiro atoms. The van der Waals surface area contributed by atoms with Crippen LogP contribution in [0.5, 0.6) is 0 Å². The van der Waals surface area contributed by atoms with E-state index in [4.69, 9.17) is 0 Å². The first kappa shape index (κ1) is 12.6. The molecule has 94 valence electrons. The molecule has 2 aromatic rings. The predicted octanol–water partition coefficient (Wildman–Crippen LogP) is 2.05. The van der Waals surface area contributed by atoms with Gasteiger partial charge in [0.15, 0.2) is 5.43 Å². The SMILES string of the molecule is CC(=O)NCc1c(-c2cccs2)[nH]c(C)cc1=O. The van der Waals surface area contributed by atoms with Crippen LogP contribution in [0.3, 0.4) is 0 Å². The minimum Gasteiger partial charge on any atom is -0.357 e. The Labute approximate surface area is 109 Å². The lowest BCUT2D eigenvalue weighted by Gasteiger charge is -2.09. The highest BCUT2D eigenvalue weighted by Crippen LogP contribution is 2.24. The highest BCUT2D eigenvalue weighted by atomic mass is 32.1. The Morgan fingerprint density at radius 1 is 1.50 bits per heavy atom. The molecule has 0 aromatic carbocycles. The highest BCUT2D eigenvalue weighted by Gasteiger charge is 2.11. The van der Waals surface area contributed by atoms with E-state index in [1.807, 2.05) is 24.4 Å². The van der Waals surface area contributed by atoms with Gasteiger partial charge in [0.2, 0.25) is 5.91 Å². The van der Waals surface area contributed by atoms with E-state index < -0.39 is 0 Å². The number of thiophene rings is 1. The lowest BCUT2D eigenvalue weighted by molar-refractivity contribution is -0.119. The summed E-state index contributed by atoms with van der Waals surface area (Å²) in [4.78, 5) is 27.2. The molecule has 0 saturated carbocycles. The summed E-state index contributed by atoms with van der Waals surface area (Å²) in [5, 5.41) is 4.63. The summed E-state index contributed by atoms with van der Waals surface area (Å²) in [5.41, 5.74) is 2.15. The zero-order valence-corrected chi connectivity index (χ0v) is 11.1. The van der Waals surface area contributed by atoms with Crippen molar-refractivity contribution in [1.82, 2.24) is 10.3 Å². The summed E-state index contributed by atoms with van der Waals surface area (Å²) in [7, 11) is 0. The van der Waals surface area contributed by atoms with E-state index in [2.05, 4.69) is 10.3 Å². The maximum atomic E-state index is 12.0. The summed E-state index contributed by atoms with van der Waals surface area (Å²) < 4.78 is 0. The normalized spacial score (nSPS) is 10.3. The fourth-order valence-corrected chi connectivity index (χ4v) is 2.49. The van der Waals surface area contributed by atoms with Crippen LogP contribution in [0.4, 0.5) is 0 Å². The van der Waals surface area contributed by atoms with Gasteiger partial charge in [-0.25, -0.2) is 0 Å². The van der Waals surface area contributed by atoms with Gasteiger partial charge in [0, 0.05) is 30.8 Å². The quantitative estimate of drug-likeness (QED) is 0.889. The molecule has 2 heterocycles. The maximum absolute atomic E-state index is 12.0. The second-order valence-electron chi connectivity index (χ2n) is 4.06. The molecule has 1 amide bonds. The van der Waals surface area contributed by atoms with Gasteiger partial charge in [-0.1, -0.05) is 6.07 Å². The van der Waals surface area contributed by atoms with Gasteiger partial charge >= 0.3 is 0 Å². The number of aromatic nitrogens is 1. The molecule has 5 heteroatoms. The Morgan fingerprint density at radius 2 is 2.28 bits per heavy atom.